The molecule has 0 spiro atoms. The number of rotatable bonds is 7. The smallest absolute Gasteiger partial charge is 0.238 e. The molecule has 1 aromatic carbocycles. The van der Waals surface area contributed by atoms with Crippen molar-refractivity contribution in [3.8, 4) is 0 Å². The van der Waals surface area contributed by atoms with Gasteiger partial charge in [-0.25, -0.2) is 13.2 Å². The summed E-state index contributed by atoms with van der Waals surface area (Å²) in [4.78, 5) is 28.6. The molecule has 1 aliphatic rings. The molecule has 1 saturated heterocycles. The summed E-state index contributed by atoms with van der Waals surface area (Å²) in [5.74, 6) is -5.03. The Morgan fingerprint density at radius 1 is 1.11 bits per heavy atom. The van der Waals surface area contributed by atoms with E-state index in [2.05, 4.69) is 5.32 Å². The van der Waals surface area contributed by atoms with Crippen molar-refractivity contribution in [1.82, 2.24) is 9.80 Å². The number of amides is 2. The summed E-state index contributed by atoms with van der Waals surface area (Å²) in [6, 6.07) is 2.04. The van der Waals surface area contributed by atoms with E-state index in [1.165, 1.54) is 0 Å². The van der Waals surface area contributed by atoms with Gasteiger partial charge in [0.05, 0.1) is 18.8 Å². The van der Waals surface area contributed by atoms with Gasteiger partial charge in [-0.05, 0) is 58.2 Å². The Kier molecular flexibility index (Phi) is 7.86. The zero-order chi connectivity index (χ0) is 20.8. The maximum absolute atomic E-state index is 13.7. The van der Waals surface area contributed by atoms with Gasteiger partial charge in [-0.2, -0.15) is 0 Å². The zero-order valence-electron chi connectivity index (χ0n) is 16.6. The predicted molar refractivity (Wildman–Crippen MR) is 101 cm³/mol. The number of benzene rings is 1. The summed E-state index contributed by atoms with van der Waals surface area (Å²) in [7, 11) is 0. The minimum Gasteiger partial charge on any atom is -0.336 e. The maximum atomic E-state index is 13.7. The van der Waals surface area contributed by atoms with Gasteiger partial charge >= 0.3 is 0 Å². The molecule has 1 aliphatic heterocycles. The first-order valence-electron chi connectivity index (χ1n) is 9.71. The Morgan fingerprint density at radius 2 is 1.75 bits per heavy atom. The molecule has 1 fully saturated rings. The molecule has 1 aromatic rings. The summed E-state index contributed by atoms with van der Waals surface area (Å²) in [5, 5.41) is 2.25. The molecule has 0 bridgehead atoms. The third-order valence-corrected chi connectivity index (χ3v) is 5.06. The number of piperidine rings is 1. The van der Waals surface area contributed by atoms with Gasteiger partial charge in [0, 0.05) is 12.1 Å². The molecule has 8 heteroatoms. The van der Waals surface area contributed by atoms with Gasteiger partial charge in [-0.1, -0.05) is 6.92 Å². The van der Waals surface area contributed by atoms with Crippen LogP contribution in [0.2, 0.25) is 0 Å². The Balaban J connectivity index is 2.01. The molecule has 0 aliphatic carbocycles. The normalized spacial score (nSPS) is 19.8. The van der Waals surface area contributed by atoms with Gasteiger partial charge in [-0.3, -0.25) is 14.5 Å². The van der Waals surface area contributed by atoms with Crippen molar-refractivity contribution >= 4 is 17.5 Å². The standard InChI is InChI=1S/C20H28F3N3O2/c1-4-10-25(12-18(28)26-13(2)6-5-7-14(26)3)11-17(27)24-16-9-8-15(21)19(22)20(16)23/h8-9,13-14H,4-7,10-12H2,1-3H3,(H,24,27). The Bertz CT molecular complexity index is 704. The summed E-state index contributed by atoms with van der Waals surface area (Å²) in [6.07, 6.45) is 3.73. The summed E-state index contributed by atoms with van der Waals surface area (Å²) in [6.45, 7) is 6.42. The van der Waals surface area contributed by atoms with Crippen LogP contribution in [0, 0.1) is 17.5 Å². The third-order valence-electron chi connectivity index (χ3n) is 5.06. The minimum atomic E-state index is -1.63. The average molecular weight is 399 g/mol. The van der Waals surface area contributed by atoms with Crippen molar-refractivity contribution < 1.29 is 22.8 Å². The molecule has 2 atom stereocenters. The number of halogens is 3. The lowest BCUT2D eigenvalue weighted by atomic mass is 9.97. The number of likely N-dealkylation sites (tertiary alicyclic amines) is 1. The molecule has 5 nitrogen and oxygen atoms in total. The second-order valence-corrected chi connectivity index (χ2v) is 7.41. The first-order chi connectivity index (χ1) is 13.2. The quantitative estimate of drug-likeness (QED) is 0.714. The van der Waals surface area contributed by atoms with Crippen LogP contribution in [0.1, 0.15) is 46.5 Å². The highest BCUT2D eigenvalue weighted by atomic mass is 19.2. The lowest BCUT2D eigenvalue weighted by Crippen LogP contribution is -2.51. The van der Waals surface area contributed by atoms with Crippen molar-refractivity contribution in [1.29, 1.82) is 0 Å². The molecule has 0 aromatic heterocycles. The fraction of sp³-hybridized carbons (Fsp3) is 0.600. The summed E-state index contributed by atoms with van der Waals surface area (Å²) < 4.78 is 40.1. The van der Waals surface area contributed by atoms with Crippen LogP contribution in [0.15, 0.2) is 12.1 Å². The molecule has 2 rings (SSSR count). The van der Waals surface area contributed by atoms with E-state index >= 15 is 0 Å². The van der Waals surface area contributed by atoms with Gasteiger partial charge in [-0.15, -0.1) is 0 Å². The number of hydrogen-bond donors (Lipinski definition) is 1. The van der Waals surface area contributed by atoms with E-state index in [4.69, 9.17) is 0 Å². The highest BCUT2D eigenvalue weighted by molar-refractivity contribution is 5.92. The average Bonchev–Trinajstić information content (AvgIpc) is 2.62. The molecular formula is C20H28F3N3O2. The van der Waals surface area contributed by atoms with Crippen LogP contribution < -0.4 is 5.32 Å². The second-order valence-electron chi connectivity index (χ2n) is 7.41. The molecule has 1 heterocycles. The van der Waals surface area contributed by atoms with Crippen molar-refractivity contribution in [2.24, 2.45) is 0 Å². The fourth-order valence-electron chi connectivity index (χ4n) is 3.73. The monoisotopic (exact) mass is 399 g/mol. The topological polar surface area (TPSA) is 52.7 Å². The minimum absolute atomic E-state index is 0.0417. The maximum Gasteiger partial charge on any atom is 0.238 e. The van der Waals surface area contributed by atoms with Gasteiger partial charge in [0.2, 0.25) is 11.8 Å². The number of carbonyl (C=O) groups excluding carboxylic acids is 2. The number of hydrogen-bond acceptors (Lipinski definition) is 3. The van der Waals surface area contributed by atoms with Crippen LogP contribution in [0.3, 0.4) is 0 Å². The van der Waals surface area contributed by atoms with E-state index in [-0.39, 0.29) is 31.1 Å². The first kappa shape index (κ1) is 22.2. The molecule has 28 heavy (non-hydrogen) atoms. The largest absolute Gasteiger partial charge is 0.336 e. The van der Waals surface area contributed by atoms with Gasteiger partial charge in [0.25, 0.3) is 0 Å². The van der Waals surface area contributed by atoms with E-state index in [1.807, 2.05) is 25.7 Å². The zero-order valence-corrected chi connectivity index (χ0v) is 16.6. The molecule has 0 saturated carbocycles. The second kappa shape index (κ2) is 9.91. The van der Waals surface area contributed by atoms with Crippen molar-refractivity contribution in [2.45, 2.75) is 58.5 Å². The first-order valence-corrected chi connectivity index (χ1v) is 9.71. The molecule has 2 unspecified atom stereocenters. The fourth-order valence-corrected chi connectivity index (χ4v) is 3.73. The van der Waals surface area contributed by atoms with E-state index < -0.39 is 29.0 Å². The van der Waals surface area contributed by atoms with Crippen LogP contribution >= 0.6 is 0 Å². The molecule has 156 valence electrons. The van der Waals surface area contributed by atoms with Crippen LogP contribution in [-0.2, 0) is 9.59 Å². The number of carbonyl (C=O) groups is 2. The highest BCUT2D eigenvalue weighted by Gasteiger charge is 2.30. The Hall–Kier alpha value is -2.09. The lowest BCUT2D eigenvalue weighted by Gasteiger charge is -2.40. The van der Waals surface area contributed by atoms with Crippen LogP contribution in [0.5, 0.6) is 0 Å². The van der Waals surface area contributed by atoms with Crippen molar-refractivity contribution in [2.75, 3.05) is 25.0 Å². The SMILES string of the molecule is CCCN(CC(=O)Nc1ccc(F)c(F)c1F)CC(=O)N1C(C)CCCC1C. The van der Waals surface area contributed by atoms with Crippen molar-refractivity contribution in [3.05, 3.63) is 29.6 Å². The van der Waals surface area contributed by atoms with E-state index in [9.17, 15) is 22.8 Å². The molecule has 2 amide bonds. The molecule has 0 radical (unpaired) electrons. The predicted octanol–water partition coefficient (Wildman–Crippen LogP) is 3.54. The van der Waals surface area contributed by atoms with Crippen LogP contribution in [-0.4, -0.2) is 53.3 Å². The van der Waals surface area contributed by atoms with Crippen molar-refractivity contribution in [3.63, 3.8) is 0 Å². The van der Waals surface area contributed by atoms with Crippen LogP contribution in [0.4, 0.5) is 18.9 Å². The highest BCUT2D eigenvalue weighted by Crippen LogP contribution is 2.23. The van der Waals surface area contributed by atoms with E-state index in [0.29, 0.717) is 6.54 Å². The van der Waals surface area contributed by atoms with E-state index in [1.54, 1.807) is 4.90 Å². The number of nitrogens with one attached hydrogen (secondary N) is 1. The summed E-state index contributed by atoms with van der Waals surface area (Å²) in [5.41, 5.74) is -0.426. The number of nitrogens with zero attached hydrogens (tertiary/aromatic N) is 2. The van der Waals surface area contributed by atoms with E-state index in [0.717, 1.165) is 37.8 Å². The van der Waals surface area contributed by atoms with Gasteiger partial charge in [0.15, 0.2) is 17.5 Å². The Labute approximate surface area is 163 Å². The number of anilines is 1. The van der Waals surface area contributed by atoms with Gasteiger partial charge in [0.1, 0.15) is 0 Å². The Morgan fingerprint density at radius 3 is 2.36 bits per heavy atom. The molecule has 1 N–H and O–H groups in total. The lowest BCUT2D eigenvalue weighted by molar-refractivity contribution is -0.138. The van der Waals surface area contributed by atoms with Crippen LogP contribution in [0.25, 0.3) is 0 Å². The third kappa shape index (κ3) is 5.47. The summed E-state index contributed by atoms with van der Waals surface area (Å²) >= 11 is 0. The molecular weight excluding hydrogens is 371 g/mol. The van der Waals surface area contributed by atoms with Gasteiger partial charge < -0.3 is 10.2 Å².